The maximum atomic E-state index is 10.3. The molecule has 0 aliphatic heterocycles. The van der Waals surface area contributed by atoms with Gasteiger partial charge >= 0.3 is 11.9 Å². The third-order valence-electron chi connectivity index (χ3n) is 6.55. The summed E-state index contributed by atoms with van der Waals surface area (Å²) in [5.74, 6) is -1.65. The molecule has 0 saturated carbocycles. The third kappa shape index (κ3) is 47.3. The van der Waals surface area contributed by atoms with Crippen LogP contribution in [0.2, 0.25) is 0 Å². The Labute approximate surface area is 282 Å². The summed E-state index contributed by atoms with van der Waals surface area (Å²) < 4.78 is 0. The van der Waals surface area contributed by atoms with Crippen LogP contribution in [-0.4, -0.2) is 22.2 Å². The summed E-state index contributed by atoms with van der Waals surface area (Å²) in [5, 5.41) is 16.9. The van der Waals surface area contributed by atoms with Crippen molar-refractivity contribution < 1.29 is 19.8 Å². The van der Waals surface area contributed by atoms with Gasteiger partial charge in [0.2, 0.25) is 0 Å². The molecule has 0 heterocycles. The molecular formula is C42H64O4. The van der Waals surface area contributed by atoms with Gasteiger partial charge in [0.25, 0.3) is 0 Å². The van der Waals surface area contributed by atoms with Crippen LogP contribution in [0.15, 0.2) is 122 Å². The normalized spacial score (nSPS) is 12.7. The van der Waals surface area contributed by atoms with Gasteiger partial charge in [-0.15, -0.1) is 0 Å². The first-order valence-corrected chi connectivity index (χ1v) is 17.6. The molecular weight excluding hydrogens is 568 g/mol. The first kappa shape index (κ1) is 44.5. The van der Waals surface area contributed by atoms with Crippen LogP contribution in [0.1, 0.15) is 129 Å². The first-order chi connectivity index (χ1) is 22.5. The highest BCUT2D eigenvalue weighted by molar-refractivity contribution is 5.80. The van der Waals surface area contributed by atoms with Crippen molar-refractivity contribution in [3.63, 3.8) is 0 Å². The number of carboxylic acids is 2. The van der Waals surface area contributed by atoms with Crippen molar-refractivity contribution in [3.05, 3.63) is 122 Å². The average molecular weight is 633 g/mol. The fraction of sp³-hybridized carbons (Fsp3) is 0.476. The molecule has 0 unspecified atom stereocenters. The molecule has 0 aliphatic rings. The zero-order valence-corrected chi connectivity index (χ0v) is 29.0. The lowest BCUT2D eigenvalue weighted by molar-refractivity contribution is -0.137. The minimum atomic E-state index is -0.930. The van der Waals surface area contributed by atoms with Gasteiger partial charge in [0, 0.05) is 12.5 Å². The predicted molar refractivity (Wildman–Crippen MR) is 201 cm³/mol. The quantitative estimate of drug-likeness (QED) is 0.0389. The standard InChI is InChI=1S/C22H34O2.C20H30O2/c1-2-3-4-5-6-7-8-9-10-11-12-13-14-15-16-17-18-19-20-21-22(23)24;1-2-3-4-5-6-7-8-9-10-11-12-13-14-15-16-17-18-19-20(21)22/h12-21H,2-11H2,1H3,(H,23,24);3-4,6-7,9-10,12-13,15-16H,2,5,8,11,14,17-19H2,1H3,(H,21,22)/b13-12+,15-14+,17-16+,19-18+,21-20+;4-3-,7-6-,10-9-,13-12-,16-15-. The second kappa shape index (κ2) is 41.3. The van der Waals surface area contributed by atoms with E-state index in [0.717, 1.165) is 57.4 Å². The second-order valence-corrected chi connectivity index (χ2v) is 10.9. The van der Waals surface area contributed by atoms with E-state index in [2.05, 4.69) is 86.8 Å². The number of unbranched alkanes of at least 4 members (excludes halogenated alkanes) is 10. The van der Waals surface area contributed by atoms with Crippen LogP contribution < -0.4 is 0 Å². The Morgan fingerprint density at radius 1 is 0.435 bits per heavy atom. The van der Waals surface area contributed by atoms with Crippen LogP contribution >= 0.6 is 0 Å². The molecule has 2 N–H and O–H groups in total. The highest BCUT2D eigenvalue weighted by Crippen LogP contribution is 2.10. The minimum Gasteiger partial charge on any atom is -0.481 e. The van der Waals surface area contributed by atoms with E-state index in [9.17, 15) is 9.59 Å². The molecule has 0 atom stereocenters. The number of allylic oxidation sites excluding steroid dienone is 19. The molecule has 4 nitrogen and oxygen atoms in total. The van der Waals surface area contributed by atoms with Crippen molar-refractivity contribution in [2.75, 3.05) is 0 Å². The maximum absolute atomic E-state index is 10.3. The molecule has 46 heavy (non-hydrogen) atoms. The van der Waals surface area contributed by atoms with E-state index in [1.54, 1.807) is 12.2 Å². The lowest BCUT2D eigenvalue weighted by atomic mass is 10.1. The Kier molecular flexibility index (Phi) is 40.0. The summed E-state index contributed by atoms with van der Waals surface area (Å²) in [5.41, 5.74) is 0. The van der Waals surface area contributed by atoms with Crippen molar-refractivity contribution in [1.29, 1.82) is 0 Å². The molecule has 0 amide bonds. The highest BCUT2D eigenvalue weighted by Gasteiger charge is 1.93. The first-order valence-electron chi connectivity index (χ1n) is 17.6. The fourth-order valence-electron chi connectivity index (χ4n) is 4.01. The lowest BCUT2D eigenvalue weighted by Crippen LogP contribution is -1.92. The van der Waals surface area contributed by atoms with Gasteiger partial charge in [0.05, 0.1) is 0 Å². The van der Waals surface area contributed by atoms with Crippen molar-refractivity contribution in [2.24, 2.45) is 0 Å². The zero-order chi connectivity index (χ0) is 34.0. The number of hydrogen-bond acceptors (Lipinski definition) is 2. The average Bonchev–Trinajstić information content (AvgIpc) is 3.03. The second-order valence-electron chi connectivity index (χ2n) is 10.9. The molecule has 0 aromatic carbocycles. The SMILES string of the molecule is CC/C=C\C/C=C\C/C=C\C/C=C\C/C=C\CCCC(=O)O.CCCCCCCCCCC/C=C/C=C/C=C/C=C/C=C/C(=O)O. The number of carboxylic acid groups (broad SMARTS) is 2. The van der Waals surface area contributed by atoms with E-state index in [1.807, 2.05) is 24.3 Å². The van der Waals surface area contributed by atoms with E-state index in [4.69, 9.17) is 10.2 Å². The molecule has 0 fully saturated rings. The van der Waals surface area contributed by atoms with Crippen molar-refractivity contribution >= 4 is 11.9 Å². The summed E-state index contributed by atoms with van der Waals surface area (Å²) in [6.07, 6.45) is 60.1. The van der Waals surface area contributed by atoms with Crippen LogP contribution in [0.5, 0.6) is 0 Å². The van der Waals surface area contributed by atoms with Crippen LogP contribution in [0.3, 0.4) is 0 Å². The summed E-state index contributed by atoms with van der Waals surface area (Å²) in [6.45, 7) is 4.41. The maximum Gasteiger partial charge on any atom is 0.328 e. The Bertz CT molecular complexity index is 983. The van der Waals surface area contributed by atoms with Gasteiger partial charge in [0.15, 0.2) is 0 Å². The van der Waals surface area contributed by atoms with Crippen LogP contribution in [0, 0.1) is 0 Å². The molecule has 0 aliphatic carbocycles. The van der Waals surface area contributed by atoms with Crippen molar-refractivity contribution in [1.82, 2.24) is 0 Å². The van der Waals surface area contributed by atoms with Crippen LogP contribution in [0.25, 0.3) is 0 Å². The number of rotatable bonds is 28. The Hall–Kier alpha value is -3.66. The molecule has 0 radical (unpaired) electrons. The van der Waals surface area contributed by atoms with Crippen molar-refractivity contribution in [3.8, 4) is 0 Å². The molecule has 0 saturated heterocycles. The predicted octanol–water partition coefficient (Wildman–Crippen LogP) is 12.8. The molecule has 4 heteroatoms. The molecule has 0 bridgehead atoms. The molecule has 0 aromatic heterocycles. The number of carbonyl (C=O) groups is 2. The Balaban J connectivity index is 0. The lowest BCUT2D eigenvalue weighted by Gasteiger charge is -2.00. The number of hydrogen-bond donors (Lipinski definition) is 2. The monoisotopic (exact) mass is 632 g/mol. The van der Waals surface area contributed by atoms with Gasteiger partial charge in [-0.3, -0.25) is 4.79 Å². The van der Waals surface area contributed by atoms with Gasteiger partial charge in [-0.1, -0.05) is 181 Å². The van der Waals surface area contributed by atoms with Gasteiger partial charge in [-0.2, -0.15) is 0 Å². The topological polar surface area (TPSA) is 74.6 Å². The smallest absolute Gasteiger partial charge is 0.328 e. The molecule has 256 valence electrons. The Morgan fingerprint density at radius 2 is 0.848 bits per heavy atom. The van der Waals surface area contributed by atoms with E-state index >= 15 is 0 Å². The van der Waals surface area contributed by atoms with Gasteiger partial charge in [-0.25, -0.2) is 4.79 Å². The van der Waals surface area contributed by atoms with Gasteiger partial charge in [0.1, 0.15) is 0 Å². The number of aliphatic carboxylic acids is 2. The molecule has 0 spiro atoms. The van der Waals surface area contributed by atoms with E-state index in [1.165, 1.54) is 63.9 Å². The molecule has 0 rings (SSSR count). The van der Waals surface area contributed by atoms with E-state index < -0.39 is 11.9 Å². The summed E-state index contributed by atoms with van der Waals surface area (Å²) in [6, 6.07) is 0. The van der Waals surface area contributed by atoms with Gasteiger partial charge in [-0.05, 0) is 57.8 Å². The Morgan fingerprint density at radius 3 is 1.33 bits per heavy atom. The van der Waals surface area contributed by atoms with Crippen molar-refractivity contribution in [2.45, 2.75) is 129 Å². The van der Waals surface area contributed by atoms with E-state index in [-0.39, 0.29) is 6.42 Å². The summed E-state index contributed by atoms with van der Waals surface area (Å²) >= 11 is 0. The van der Waals surface area contributed by atoms with Gasteiger partial charge < -0.3 is 10.2 Å². The zero-order valence-electron chi connectivity index (χ0n) is 29.0. The largest absolute Gasteiger partial charge is 0.481 e. The molecule has 0 aromatic rings. The third-order valence-corrected chi connectivity index (χ3v) is 6.55. The van der Waals surface area contributed by atoms with E-state index in [0.29, 0.717) is 0 Å². The summed E-state index contributed by atoms with van der Waals surface area (Å²) in [4.78, 5) is 20.5. The minimum absolute atomic E-state index is 0.258. The van der Waals surface area contributed by atoms with Crippen LogP contribution in [-0.2, 0) is 9.59 Å². The fourth-order valence-corrected chi connectivity index (χ4v) is 4.01. The highest BCUT2D eigenvalue weighted by atomic mass is 16.4. The summed E-state index contributed by atoms with van der Waals surface area (Å²) in [7, 11) is 0. The van der Waals surface area contributed by atoms with Crippen LogP contribution in [0.4, 0.5) is 0 Å².